The largest absolute Gasteiger partial charge is 0.453 e. The molecule has 5 rings (SSSR count). The number of aromatic nitrogens is 5. The summed E-state index contributed by atoms with van der Waals surface area (Å²) < 4.78 is 10.5. The van der Waals surface area contributed by atoms with Crippen LogP contribution in [0.5, 0.6) is 0 Å². The normalized spacial score (nSPS) is 23.4. The molecule has 1 amide bonds. The van der Waals surface area contributed by atoms with Gasteiger partial charge in [0.25, 0.3) is 0 Å². The van der Waals surface area contributed by atoms with Gasteiger partial charge in [0, 0.05) is 50.0 Å². The number of nitrogens with zero attached hydrogens (tertiary/aromatic N) is 7. The maximum Gasteiger partial charge on any atom is 0.409 e. The molecule has 0 spiro atoms. The Hall–Kier alpha value is -3.47. The molecular weight excluding hydrogens is 436 g/mol. The number of amides is 1. The quantitative estimate of drug-likeness (QED) is 0.621. The number of methoxy groups -OCH3 is 1. The van der Waals surface area contributed by atoms with Gasteiger partial charge < -0.3 is 24.2 Å². The zero-order chi connectivity index (χ0) is 23.8. The van der Waals surface area contributed by atoms with Gasteiger partial charge in [0.15, 0.2) is 0 Å². The van der Waals surface area contributed by atoms with Crippen molar-refractivity contribution in [3.8, 4) is 11.3 Å². The summed E-state index contributed by atoms with van der Waals surface area (Å²) in [6.45, 7) is 9.65. The first-order valence-corrected chi connectivity index (χ1v) is 11.6. The summed E-state index contributed by atoms with van der Waals surface area (Å²) in [5, 5.41) is 7.54. The Balaban J connectivity index is 1.41. The summed E-state index contributed by atoms with van der Waals surface area (Å²) in [4.78, 5) is 32.3. The third-order valence-electron chi connectivity index (χ3n) is 6.46. The molecule has 0 radical (unpaired) electrons. The Morgan fingerprint density at radius 3 is 2.59 bits per heavy atom. The highest BCUT2D eigenvalue weighted by Gasteiger charge is 2.34. The fourth-order valence-corrected chi connectivity index (χ4v) is 4.86. The molecule has 5 heterocycles. The molecule has 0 aliphatic carbocycles. The highest BCUT2D eigenvalue weighted by molar-refractivity contribution is 5.89. The van der Waals surface area contributed by atoms with E-state index in [1.54, 1.807) is 11.1 Å². The molecule has 2 aliphatic rings. The van der Waals surface area contributed by atoms with E-state index in [0.29, 0.717) is 25.6 Å². The SMILES string of the molecule is COC(=O)N1C[C@@H](C)N(c2ncc3[nH]nc(-c4ccc(N5CCO[C@H](C)C5)nc4)c3n2)[C@@H](C)C1. The van der Waals surface area contributed by atoms with Crippen molar-refractivity contribution in [3.63, 3.8) is 0 Å². The van der Waals surface area contributed by atoms with Gasteiger partial charge in [-0.25, -0.2) is 19.7 Å². The van der Waals surface area contributed by atoms with E-state index in [-0.39, 0.29) is 24.3 Å². The Kier molecular flexibility index (Phi) is 5.94. The molecule has 11 nitrogen and oxygen atoms in total. The van der Waals surface area contributed by atoms with E-state index in [9.17, 15) is 4.79 Å². The van der Waals surface area contributed by atoms with Crippen LogP contribution in [0.25, 0.3) is 22.3 Å². The highest BCUT2D eigenvalue weighted by atomic mass is 16.5. The number of anilines is 2. The van der Waals surface area contributed by atoms with Crippen molar-refractivity contribution >= 4 is 28.9 Å². The van der Waals surface area contributed by atoms with Crippen molar-refractivity contribution in [2.24, 2.45) is 0 Å². The van der Waals surface area contributed by atoms with E-state index in [1.165, 1.54) is 7.11 Å². The van der Waals surface area contributed by atoms with E-state index in [2.05, 4.69) is 50.7 Å². The maximum absolute atomic E-state index is 12.0. The Morgan fingerprint density at radius 2 is 1.91 bits per heavy atom. The smallest absolute Gasteiger partial charge is 0.409 e. The molecule has 0 unspecified atom stereocenters. The minimum absolute atomic E-state index is 0.0347. The second-order valence-electron chi connectivity index (χ2n) is 9.02. The highest BCUT2D eigenvalue weighted by Crippen LogP contribution is 2.29. The first-order chi connectivity index (χ1) is 16.4. The van der Waals surface area contributed by atoms with Gasteiger partial charge in [-0.15, -0.1) is 0 Å². The van der Waals surface area contributed by atoms with Crippen molar-refractivity contribution in [2.45, 2.75) is 39.0 Å². The van der Waals surface area contributed by atoms with Crippen LogP contribution < -0.4 is 9.80 Å². The van der Waals surface area contributed by atoms with Gasteiger partial charge in [-0.05, 0) is 32.9 Å². The van der Waals surface area contributed by atoms with Crippen LogP contribution in [0.2, 0.25) is 0 Å². The summed E-state index contributed by atoms with van der Waals surface area (Å²) in [6.07, 6.45) is 3.49. The number of hydrogen-bond donors (Lipinski definition) is 1. The molecule has 2 saturated heterocycles. The lowest BCUT2D eigenvalue weighted by atomic mass is 10.1. The minimum Gasteiger partial charge on any atom is -0.453 e. The van der Waals surface area contributed by atoms with Gasteiger partial charge in [-0.2, -0.15) is 5.10 Å². The molecule has 0 saturated carbocycles. The number of carbonyl (C=O) groups is 1. The number of ether oxygens (including phenoxy) is 2. The average Bonchev–Trinajstić information content (AvgIpc) is 3.26. The van der Waals surface area contributed by atoms with Crippen LogP contribution in [0.1, 0.15) is 20.8 Å². The van der Waals surface area contributed by atoms with Crippen LogP contribution in [-0.4, -0.2) is 94.2 Å². The van der Waals surface area contributed by atoms with Gasteiger partial charge in [-0.1, -0.05) is 0 Å². The molecule has 1 N–H and O–H groups in total. The summed E-state index contributed by atoms with van der Waals surface area (Å²) in [5.74, 6) is 1.55. The van der Waals surface area contributed by atoms with E-state index < -0.39 is 0 Å². The molecular formula is C23H30N8O3. The molecule has 34 heavy (non-hydrogen) atoms. The monoisotopic (exact) mass is 466 g/mol. The maximum atomic E-state index is 12.0. The van der Waals surface area contributed by atoms with Gasteiger partial charge in [0.05, 0.1) is 26.0 Å². The Bertz CT molecular complexity index is 1150. The number of piperazine rings is 1. The van der Waals surface area contributed by atoms with E-state index in [0.717, 1.165) is 41.2 Å². The van der Waals surface area contributed by atoms with Crippen molar-refractivity contribution in [1.29, 1.82) is 0 Å². The van der Waals surface area contributed by atoms with Crippen LogP contribution in [0.3, 0.4) is 0 Å². The lowest BCUT2D eigenvalue weighted by molar-refractivity contribution is 0.0529. The molecule has 0 aromatic carbocycles. The van der Waals surface area contributed by atoms with Gasteiger partial charge in [0.1, 0.15) is 22.5 Å². The lowest BCUT2D eigenvalue weighted by Crippen LogP contribution is -2.58. The number of nitrogens with one attached hydrogen (secondary N) is 1. The number of rotatable bonds is 3. The number of hydrogen-bond acceptors (Lipinski definition) is 9. The molecule has 0 bridgehead atoms. The van der Waals surface area contributed by atoms with E-state index >= 15 is 0 Å². The van der Waals surface area contributed by atoms with Crippen molar-refractivity contribution in [1.82, 2.24) is 30.0 Å². The fraction of sp³-hybridized carbons (Fsp3) is 0.522. The number of H-pyrrole nitrogens is 1. The second-order valence-corrected chi connectivity index (χ2v) is 9.02. The number of morpholine rings is 1. The van der Waals surface area contributed by atoms with Crippen LogP contribution in [0.4, 0.5) is 16.6 Å². The zero-order valence-electron chi connectivity index (χ0n) is 19.9. The Labute approximate surface area is 198 Å². The Morgan fingerprint density at radius 1 is 1.12 bits per heavy atom. The number of pyridine rings is 1. The summed E-state index contributed by atoms with van der Waals surface area (Å²) in [6, 6.07) is 4.12. The average molecular weight is 467 g/mol. The van der Waals surface area contributed by atoms with Crippen LogP contribution in [-0.2, 0) is 9.47 Å². The molecule has 3 aromatic heterocycles. The van der Waals surface area contributed by atoms with Crippen LogP contribution in [0.15, 0.2) is 24.5 Å². The minimum atomic E-state index is -0.311. The lowest BCUT2D eigenvalue weighted by Gasteiger charge is -2.43. The third kappa shape index (κ3) is 4.11. The first-order valence-electron chi connectivity index (χ1n) is 11.6. The summed E-state index contributed by atoms with van der Waals surface area (Å²) in [7, 11) is 1.41. The first kappa shape index (κ1) is 22.3. The van der Waals surface area contributed by atoms with Crippen molar-refractivity contribution in [3.05, 3.63) is 24.5 Å². The molecule has 3 aromatic rings. The van der Waals surface area contributed by atoms with E-state index in [1.807, 2.05) is 18.3 Å². The topological polar surface area (TPSA) is 113 Å². The second kappa shape index (κ2) is 9.05. The standard InChI is InChI=1S/C23H30N8O3/c1-14-11-30(23(32)33-4)12-15(2)31(14)22-25-10-18-21(26-22)20(28-27-18)17-5-6-19(24-9-17)29-7-8-34-16(3)13-29/h5-6,9-10,14-16H,7-8,11-13H2,1-4H3,(H,27,28)/t14-,15+,16-/m1/s1. The summed E-state index contributed by atoms with van der Waals surface area (Å²) in [5.41, 5.74) is 3.13. The predicted octanol–water partition coefficient (Wildman–Crippen LogP) is 2.31. The van der Waals surface area contributed by atoms with Gasteiger partial charge in [0.2, 0.25) is 5.95 Å². The van der Waals surface area contributed by atoms with E-state index in [4.69, 9.17) is 14.5 Å². The zero-order valence-corrected chi connectivity index (χ0v) is 19.9. The van der Waals surface area contributed by atoms with Crippen molar-refractivity contribution < 1.29 is 14.3 Å². The number of fused-ring (bicyclic) bond motifs is 1. The molecule has 2 fully saturated rings. The molecule has 11 heteroatoms. The van der Waals surface area contributed by atoms with Crippen LogP contribution in [0, 0.1) is 0 Å². The van der Waals surface area contributed by atoms with Crippen molar-refractivity contribution in [2.75, 3.05) is 49.7 Å². The van der Waals surface area contributed by atoms with Gasteiger partial charge >= 0.3 is 6.09 Å². The van der Waals surface area contributed by atoms with Crippen LogP contribution >= 0.6 is 0 Å². The van der Waals surface area contributed by atoms with Gasteiger partial charge in [-0.3, -0.25) is 5.10 Å². The number of carbonyl (C=O) groups excluding carboxylic acids is 1. The molecule has 2 aliphatic heterocycles. The number of aromatic amines is 1. The molecule has 3 atom stereocenters. The molecule has 180 valence electrons. The fourth-order valence-electron chi connectivity index (χ4n) is 4.86. The third-order valence-corrected chi connectivity index (χ3v) is 6.46. The predicted molar refractivity (Wildman–Crippen MR) is 128 cm³/mol. The summed E-state index contributed by atoms with van der Waals surface area (Å²) >= 11 is 0.